The van der Waals surface area contributed by atoms with E-state index in [4.69, 9.17) is 4.42 Å². The fourth-order valence-electron chi connectivity index (χ4n) is 2.73. The van der Waals surface area contributed by atoms with Gasteiger partial charge in [-0.2, -0.15) is 0 Å². The molecule has 2 N–H and O–H groups in total. The van der Waals surface area contributed by atoms with Gasteiger partial charge in [-0.1, -0.05) is 37.3 Å². The van der Waals surface area contributed by atoms with E-state index in [9.17, 15) is 9.59 Å². The zero-order valence-corrected chi connectivity index (χ0v) is 16.1. The molecule has 5 nitrogen and oxygen atoms in total. The van der Waals surface area contributed by atoms with Gasteiger partial charge in [0.1, 0.15) is 12.3 Å². The molecule has 1 aromatic carbocycles. The van der Waals surface area contributed by atoms with Crippen LogP contribution >= 0.6 is 11.3 Å². The third kappa shape index (κ3) is 4.65. The normalized spacial score (nSPS) is 13.0. The van der Waals surface area contributed by atoms with Crippen LogP contribution in [0.5, 0.6) is 0 Å². The second-order valence-electron chi connectivity index (χ2n) is 6.26. The number of benzene rings is 1. The van der Waals surface area contributed by atoms with Crippen LogP contribution in [0.25, 0.3) is 0 Å². The third-order valence-corrected chi connectivity index (χ3v) is 5.30. The Bertz CT molecular complexity index is 871. The molecule has 2 atom stereocenters. The lowest BCUT2D eigenvalue weighted by Crippen LogP contribution is -2.45. The molecule has 0 radical (unpaired) electrons. The fraction of sp³-hybridized carbons (Fsp3) is 0.238. The van der Waals surface area contributed by atoms with Gasteiger partial charge < -0.3 is 15.1 Å². The second kappa shape index (κ2) is 8.68. The molecule has 2 amide bonds. The number of furan rings is 1. The highest BCUT2D eigenvalue weighted by molar-refractivity contribution is 7.10. The Kier molecular flexibility index (Phi) is 6.08. The molecule has 0 saturated heterocycles. The molecule has 140 valence electrons. The van der Waals surface area contributed by atoms with Crippen molar-refractivity contribution in [1.29, 1.82) is 0 Å². The second-order valence-corrected chi connectivity index (χ2v) is 7.24. The minimum absolute atomic E-state index is 0.246. The lowest BCUT2D eigenvalue weighted by molar-refractivity contribution is -0.123. The van der Waals surface area contributed by atoms with Crippen LogP contribution < -0.4 is 10.6 Å². The summed E-state index contributed by atoms with van der Waals surface area (Å²) in [5.74, 6) is -0.587. The molecule has 0 bridgehead atoms. The zero-order chi connectivity index (χ0) is 19.2. The van der Waals surface area contributed by atoms with Gasteiger partial charge in [-0.25, -0.2) is 0 Å². The van der Waals surface area contributed by atoms with E-state index in [1.54, 1.807) is 24.3 Å². The van der Waals surface area contributed by atoms with Gasteiger partial charge in [-0.05, 0) is 42.0 Å². The number of nitrogens with one attached hydrogen (secondary N) is 2. The summed E-state index contributed by atoms with van der Waals surface area (Å²) < 4.78 is 4.91. The standard InChI is InChI=1S/C21H22N2O3S/c1-3-15-6-8-16(9-7-15)19(18-5-4-12-27-18)23-20(24)14(2)22-21(25)17-10-11-26-13-17/h4-14,19H,3H2,1-2H3,(H,22,25)(H,23,24). The van der Waals surface area contributed by atoms with Crippen molar-refractivity contribution in [3.63, 3.8) is 0 Å². The lowest BCUT2D eigenvalue weighted by atomic mass is 10.0. The first-order chi connectivity index (χ1) is 13.1. The van der Waals surface area contributed by atoms with Crippen molar-refractivity contribution in [2.24, 2.45) is 0 Å². The molecule has 0 spiro atoms. The number of carbonyl (C=O) groups is 2. The van der Waals surface area contributed by atoms with Gasteiger partial charge in [0.05, 0.1) is 17.9 Å². The van der Waals surface area contributed by atoms with Crippen LogP contribution in [0.15, 0.2) is 64.8 Å². The van der Waals surface area contributed by atoms with Gasteiger partial charge in [0.2, 0.25) is 5.91 Å². The highest BCUT2D eigenvalue weighted by atomic mass is 32.1. The maximum atomic E-state index is 12.7. The van der Waals surface area contributed by atoms with Crippen LogP contribution in [-0.2, 0) is 11.2 Å². The van der Waals surface area contributed by atoms with Crippen molar-refractivity contribution in [3.05, 3.63) is 81.9 Å². The largest absolute Gasteiger partial charge is 0.472 e. The van der Waals surface area contributed by atoms with Crippen LogP contribution in [0.2, 0.25) is 0 Å². The van der Waals surface area contributed by atoms with Crippen molar-refractivity contribution in [1.82, 2.24) is 10.6 Å². The molecular formula is C21H22N2O3S. The smallest absolute Gasteiger partial charge is 0.255 e. The number of amides is 2. The molecule has 0 aliphatic rings. The summed E-state index contributed by atoms with van der Waals surface area (Å²) >= 11 is 1.59. The lowest BCUT2D eigenvalue weighted by Gasteiger charge is -2.21. The Hall–Kier alpha value is -2.86. The fourth-order valence-corrected chi connectivity index (χ4v) is 3.53. The summed E-state index contributed by atoms with van der Waals surface area (Å²) in [6, 6.07) is 12.8. The number of hydrogen-bond acceptors (Lipinski definition) is 4. The molecule has 6 heteroatoms. The molecule has 2 heterocycles. The maximum absolute atomic E-state index is 12.7. The van der Waals surface area contributed by atoms with Crippen LogP contribution in [0.3, 0.4) is 0 Å². The van der Waals surface area contributed by atoms with E-state index in [1.165, 1.54) is 18.1 Å². The quantitative estimate of drug-likeness (QED) is 0.650. The van der Waals surface area contributed by atoms with E-state index in [2.05, 4.69) is 29.7 Å². The average Bonchev–Trinajstić information content (AvgIpc) is 3.39. The summed E-state index contributed by atoms with van der Waals surface area (Å²) in [5, 5.41) is 7.74. The molecule has 2 aromatic heterocycles. The minimum Gasteiger partial charge on any atom is -0.472 e. The van der Waals surface area contributed by atoms with Gasteiger partial charge in [-0.3, -0.25) is 9.59 Å². The van der Waals surface area contributed by atoms with Crippen molar-refractivity contribution in [2.75, 3.05) is 0 Å². The first-order valence-electron chi connectivity index (χ1n) is 8.84. The highest BCUT2D eigenvalue weighted by Gasteiger charge is 2.23. The van der Waals surface area contributed by atoms with E-state index in [1.807, 2.05) is 29.6 Å². The minimum atomic E-state index is -0.676. The topological polar surface area (TPSA) is 71.3 Å². The Morgan fingerprint density at radius 3 is 2.48 bits per heavy atom. The maximum Gasteiger partial charge on any atom is 0.255 e. The monoisotopic (exact) mass is 382 g/mol. The Balaban J connectivity index is 1.73. The number of aryl methyl sites for hydroxylation is 1. The number of carbonyl (C=O) groups excluding carboxylic acids is 2. The van der Waals surface area contributed by atoms with Crippen molar-refractivity contribution < 1.29 is 14.0 Å². The molecule has 0 aliphatic heterocycles. The average molecular weight is 382 g/mol. The predicted octanol–water partition coefficient (Wildman–Crippen LogP) is 3.93. The van der Waals surface area contributed by atoms with Gasteiger partial charge in [0.25, 0.3) is 5.91 Å². The van der Waals surface area contributed by atoms with Crippen molar-refractivity contribution >= 4 is 23.2 Å². The number of thiophene rings is 1. The van der Waals surface area contributed by atoms with Crippen molar-refractivity contribution in [3.8, 4) is 0 Å². The molecule has 3 rings (SSSR count). The number of hydrogen-bond donors (Lipinski definition) is 2. The number of rotatable bonds is 7. The van der Waals surface area contributed by atoms with E-state index >= 15 is 0 Å². The van der Waals surface area contributed by atoms with E-state index in [0.29, 0.717) is 5.56 Å². The van der Waals surface area contributed by atoms with Crippen LogP contribution in [0, 0.1) is 0 Å². The van der Waals surface area contributed by atoms with E-state index in [-0.39, 0.29) is 17.9 Å². The summed E-state index contributed by atoms with van der Waals surface area (Å²) in [4.78, 5) is 25.9. The molecule has 0 aliphatic carbocycles. The summed E-state index contributed by atoms with van der Waals surface area (Å²) in [6.07, 6.45) is 3.74. The zero-order valence-electron chi connectivity index (χ0n) is 15.3. The molecular weight excluding hydrogens is 360 g/mol. The Morgan fingerprint density at radius 2 is 1.89 bits per heavy atom. The van der Waals surface area contributed by atoms with Gasteiger partial charge in [-0.15, -0.1) is 11.3 Å². The Labute approximate surface area is 162 Å². The molecule has 2 unspecified atom stereocenters. The third-order valence-electron chi connectivity index (χ3n) is 4.36. The summed E-state index contributed by atoms with van der Waals surface area (Å²) in [5.41, 5.74) is 2.65. The molecule has 0 fully saturated rings. The highest BCUT2D eigenvalue weighted by Crippen LogP contribution is 2.26. The first-order valence-corrected chi connectivity index (χ1v) is 9.72. The summed E-state index contributed by atoms with van der Waals surface area (Å²) in [7, 11) is 0. The van der Waals surface area contributed by atoms with Gasteiger partial charge in [0, 0.05) is 4.88 Å². The summed E-state index contributed by atoms with van der Waals surface area (Å²) in [6.45, 7) is 3.77. The molecule has 27 heavy (non-hydrogen) atoms. The van der Waals surface area contributed by atoms with Crippen LogP contribution in [-0.4, -0.2) is 17.9 Å². The molecule has 0 saturated carbocycles. The van der Waals surface area contributed by atoms with Crippen LogP contribution in [0.4, 0.5) is 0 Å². The molecule has 3 aromatic rings. The van der Waals surface area contributed by atoms with Gasteiger partial charge >= 0.3 is 0 Å². The van der Waals surface area contributed by atoms with Crippen molar-refractivity contribution in [2.45, 2.75) is 32.4 Å². The Morgan fingerprint density at radius 1 is 1.11 bits per heavy atom. The van der Waals surface area contributed by atoms with Gasteiger partial charge in [0.15, 0.2) is 0 Å². The SMILES string of the molecule is CCc1ccc(C(NC(=O)C(C)NC(=O)c2ccoc2)c2cccs2)cc1. The van der Waals surface area contributed by atoms with E-state index in [0.717, 1.165) is 16.9 Å². The van der Waals surface area contributed by atoms with Crippen LogP contribution in [0.1, 0.15) is 46.3 Å². The van der Waals surface area contributed by atoms with E-state index < -0.39 is 6.04 Å². The predicted molar refractivity (Wildman–Crippen MR) is 106 cm³/mol. The first kappa shape index (κ1) is 18.9.